The number of imidazole rings is 1. The highest BCUT2D eigenvalue weighted by Crippen LogP contribution is 2.12. The van der Waals surface area contributed by atoms with Gasteiger partial charge in [0, 0.05) is 0 Å². The fourth-order valence-electron chi connectivity index (χ4n) is 1.39. The second-order valence-electron chi connectivity index (χ2n) is 3.34. The molecule has 0 aliphatic rings. The predicted octanol–water partition coefficient (Wildman–Crippen LogP) is 1.52. The lowest BCUT2D eigenvalue weighted by Gasteiger charge is -2.04. The molecule has 0 bridgehead atoms. The van der Waals surface area contributed by atoms with Crippen LogP contribution in [0.15, 0.2) is 30.6 Å². The number of halogens is 1. The summed E-state index contributed by atoms with van der Waals surface area (Å²) in [7, 11) is 0. The van der Waals surface area contributed by atoms with Gasteiger partial charge in [0.15, 0.2) is 5.69 Å². The van der Waals surface area contributed by atoms with Crippen molar-refractivity contribution in [2.24, 2.45) is 0 Å². The zero-order valence-corrected chi connectivity index (χ0v) is 8.39. The van der Waals surface area contributed by atoms with Gasteiger partial charge in [0.25, 0.3) is 0 Å². The lowest BCUT2D eigenvalue weighted by atomic mass is 10.2. The Bertz CT molecular complexity index is 536. The van der Waals surface area contributed by atoms with Gasteiger partial charge >= 0.3 is 0 Å². The highest BCUT2D eigenvalue weighted by atomic mass is 19.1. The number of nitriles is 1. The number of aromatic nitrogens is 2. The molecule has 0 unspecified atom stereocenters. The third-order valence-corrected chi connectivity index (χ3v) is 2.25. The summed E-state index contributed by atoms with van der Waals surface area (Å²) in [5.74, 6) is 0.0480. The zero-order chi connectivity index (χ0) is 11.5. The van der Waals surface area contributed by atoms with Crippen molar-refractivity contribution < 1.29 is 4.39 Å². The Morgan fingerprint density at radius 1 is 1.38 bits per heavy atom. The van der Waals surface area contributed by atoms with Crippen molar-refractivity contribution in [1.29, 1.82) is 5.26 Å². The van der Waals surface area contributed by atoms with Gasteiger partial charge in [-0.2, -0.15) is 5.26 Å². The summed E-state index contributed by atoms with van der Waals surface area (Å²) in [5, 5.41) is 8.68. The van der Waals surface area contributed by atoms with E-state index in [-0.39, 0.29) is 11.5 Å². The third-order valence-electron chi connectivity index (χ3n) is 2.25. The summed E-state index contributed by atoms with van der Waals surface area (Å²) >= 11 is 0. The molecule has 1 aromatic carbocycles. The van der Waals surface area contributed by atoms with Crippen molar-refractivity contribution in [3.63, 3.8) is 0 Å². The van der Waals surface area contributed by atoms with E-state index in [1.807, 2.05) is 6.07 Å². The average molecular weight is 216 g/mol. The van der Waals surface area contributed by atoms with Crippen LogP contribution in [0, 0.1) is 17.1 Å². The molecule has 4 nitrogen and oxygen atoms in total. The highest BCUT2D eigenvalue weighted by molar-refractivity contribution is 5.44. The van der Waals surface area contributed by atoms with E-state index in [1.54, 1.807) is 16.7 Å². The SMILES string of the molecule is N#Cc1ncn(Cc2ccc(F)cc2)c1N. The van der Waals surface area contributed by atoms with E-state index in [0.717, 1.165) is 5.56 Å². The molecule has 0 fully saturated rings. The first-order valence-electron chi connectivity index (χ1n) is 4.66. The maximum absolute atomic E-state index is 12.7. The normalized spacial score (nSPS) is 10.0. The first-order valence-corrected chi connectivity index (χ1v) is 4.66. The van der Waals surface area contributed by atoms with Gasteiger partial charge in [0.2, 0.25) is 0 Å². The Morgan fingerprint density at radius 2 is 2.06 bits per heavy atom. The number of rotatable bonds is 2. The lowest BCUT2D eigenvalue weighted by molar-refractivity contribution is 0.626. The molecule has 0 saturated heterocycles. The Hall–Kier alpha value is -2.35. The molecule has 0 radical (unpaired) electrons. The number of benzene rings is 1. The maximum Gasteiger partial charge on any atom is 0.182 e. The topological polar surface area (TPSA) is 67.6 Å². The Balaban J connectivity index is 2.24. The van der Waals surface area contributed by atoms with E-state index in [0.29, 0.717) is 12.4 Å². The monoisotopic (exact) mass is 216 g/mol. The number of hydrogen-bond acceptors (Lipinski definition) is 3. The maximum atomic E-state index is 12.7. The molecule has 5 heteroatoms. The molecule has 0 amide bonds. The van der Waals surface area contributed by atoms with E-state index in [4.69, 9.17) is 11.0 Å². The Kier molecular flexibility index (Phi) is 2.56. The van der Waals surface area contributed by atoms with Crippen LogP contribution in [0.3, 0.4) is 0 Å². The van der Waals surface area contributed by atoms with Crippen LogP contribution in [-0.2, 0) is 6.54 Å². The van der Waals surface area contributed by atoms with Gasteiger partial charge in [-0.25, -0.2) is 9.37 Å². The Labute approximate surface area is 91.8 Å². The number of hydrogen-bond donors (Lipinski definition) is 1. The fraction of sp³-hybridized carbons (Fsp3) is 0.0909. The molecule has 0 saturated carbocycles. The minimum atomic E-state index is -0.278. The van der Waals surface area contributed by atoms with Gasteiger partial charge in [0.05, 0.1) is 12.9 Å². The molecule has 0 aliphatic carbocycles. The molecule has 0 atom stereocenters. The number of anilines is 1. The van der Waals surface area contributed by atoms with Gasteiger partial charge in [-0.3, -0.25) is 0 Å². The summed E-state index contributed by atoms with van der Waals surface area (Å²) in [6, 6.07) is 7.99. The fourth-order valence-corrected chi connectivity index (χ4v) is 1.39. The molecular weight excluding hydrogens is 207 g/mol. The van der Waals surface area contributed by atoms with E-state index in [2.05, 4.69) is 4.98 Å². The molecule has 0 aliphatic heterocycles. The summed E-state index contributed by atoms with van der Waals surface area (Å²) < 4.78 is 14.3. The molecule has 2 N–H and O–H groups in total. The Morgan fingerprint density at radius 3 is 2.62 bits per heavy atom. The summed E-state index contributed by atoms with van der Waals surface area (Å²) in [5.41, 5.74) is 6.80. The first-order chi connectivity index (χ1) is 7.70. The highest BCUT2D eigenvalue weighted by Gasteiger charge is 2.06. The molecule has 80 valence electrons. The van der Waals surface area contributed by atoms with Gasteiger partial charge in [-0.05, 0) is 17.7 Å². The second-order valence-corrected chi connectivity index (χ2v) is 3.34. The van der Waals surface area contributed by atoms with Crippen LogP contribution in [0.4, 0.5) is 10.2 Å². The van der Waals surface area contributed by atoms with Crippen molar-refractivity contribution in [1.82, 2.24) is 9.55 Å². The number of nitrogens with zero attached hydrogens (tertiary/aromatic N) is 3. The molecule has 0 spiro atoms. The van der Waals surface area contributed by atoms with Crippen LogP contribution in [-0.4, -0.2) is 9.55 Å². The van der Waals surface area contributed by atoms with E-state index >= 15 is 0 Å². The number of nitrogen functional groups attached to an aromatic ring is 1. The van der Waals surface area contributed by atoms with Gasteiger partial charge < -0.3 is 10.3 Å². The van der Waals surface area contributed by atoms with Crippen LogP contribution in [0.2, 0.25) is 0 Å². The van der Waals surface area contributed by atoms with Crippen molar-refractivity contribution in [2.75, 3.05) is 5.73 Å². The van der Waals surface area contributed by atoms with Crippen LogP contribution >= 0.6 is 0 Å². The van der Waals surface area contributed by atoms with Crippen molar-refractivity contribution in [3.8, 4) is 6.07 Å². The summed E-state index contributed by atoms with van der Waals surface area (Å²) in [4.78, 5) is 3.85. The smallest absolute Gasteiger partial charge is 0.182 e. The van der Waals surface area contributed by atoms with Crippen LogP contribution in [0.5, 0.6) is 0 Å². The van der Waals surface area contributed by atoms with E-state index in [1.165, 1.54) is 18.5 Å². The molecule has 1 heterocycles. The zero-order valence-electron chi connectivity index (χ0n) is 8.39. The van der Waals surface area contributed by atoms with Crippen molar-refractivity contribution in [2.45, 2.75) is 6.54 Å². The molecule has 16 heavy (non-hydrogen) atoms. The standard InChI is InChI=1S/C11H9FN4/c12-9-3-1-8(2-4-9)6-16-7-15-10(5-13)11(16)14/h1-4,7H,6,14H2. The van der Waals surface area contributed by atoms with Gasteiger partial charge in [0.1, 0.15) is 17.7 Å². The molecular formula is C11H9FN4. The van der Waals surface area contributed by atoms with Crippen LogP contribution in [0.1, 0.15) is 11.3 Å². The largest absolute Gasteiger partial charge is 0.383 e. The van der Waals surface area contributed by atoms with Crippen LogP contribution in [0.25, 0.3) is 0 Å². The molecule has 2 rings (SSSR count). The lowest BCUT2D eigenvalue weighted by Crippen LogP contribution is -2.03. The first kappa shape index (κ1) is 10.2. The third kappa shape index (κ3) is 1.86. The summed E-state index contributed by atoms with van der Waals surface area (Å²) in [6.45, 7) is 0.473. The summed E-state index contributed by atoms with van der Waals surface area (Å²) in [6.07, 6.45) is 1.50. The quantitative estimate of drug-likeness (QED) is 0.827. The van der Waals surface area contributed by atoms with Crippen molar-refractivity contribution in [3.05, 3.63) is 47.7 Å². The van der Waals surface area contributed by atoms with Gasteiger partial charge in [-0.15, -0.1) is 0 Å². The minimum absolute atomic E-state index is 0.210. The number of nitrogens with two attached hydrogens (primary N) is 1. The van der Waals surface area contributed by atoms with Crippen LogP contribution < -0.4 is 5.73 Å². The van der Waals surface area contributed by atoms with E-state index in [9.17, 15) is 4.39 Å². The molecule has 1 aromatic heterocycles. The van der Waals surface area contributed by atoms with E-state index < -0.39 is 0 Å². The second kappa shape index (κ2) is 4.03. The minimum Gasteiger partial charge on any atom is -0.383 e. The predicted molar refractivity (Wildman–Crippen MR) is 56.9 cm³/mol. The van der Waals surface area contributed by atoms with Gasteiger partial charge in [-0.1, -0.05) is 12.1 Å². The van der Waals surface area contributed by atoms with Crippen molar-refractivity contribution >= 4 is 5.82 Å². The molecule has 2 aromatic rings. The average Bonchev–Trinajstić information content (AvgIpc) is 2.63.